The van der Waals surface area contributed by atoms with E-state index in [4.69, 9.17) is 16.3 Å². The highest BCUT2D eigenvalue weighted by atomic mass is 35.5. The summed E-state index contributed by atoms with van der Waals surface area (Å²) in [5.41, 5.74) is 1.14. The number of carbonyl (C=O) groups excluding carboxylic acids is 1. The molecule has 1 amide bonds. The molecule has 1 N–H and O–H groups in total. The quantitative estimate of drug-likeness (QED) is 0.920. The van der Waals surface area contributed by atoms with Crippen molar-refractivity contribution in [2.24, 2.45) is 0 Å². The number of nitrogens with one attached hydrogen (secondary N) is 1. The second kappa shape index (κ2) is 6.82. The van der Waals surface area contributed by atoms with E-state index in [0.717, 1.165) is 36.0 Å². The van der Waals surface area contributed by atoms with Gasteiger partial charge in [-0.15, -0.1) is 11.3 Å². The van der Waals surface area contributed by atoms with Crippen LogP contribution >= 0.6 is 22.9 Å². The fraction of sp³-hybridized carbons (Fsp3) is 0.353. The number of amides is 1. The zero-order valence-corrected chi connectivity index (χ0v) is 13.8. The summed E-state index contributed by atoms with van der Waals surface area (Å²) < 4.78 is 5.51. The molecule has 116 valence electrons. The number of carbonyl (C=O) groups is 1. The lowest BCUT2D eigenvalue weighted by molar-refractivity contribution is 0.0487. The van der Waals surface area contributed by atoms with Crippen LogP contribution in [0.2, 0.25) is 5.02 Å². The van der Waals surface area contributed by atoms with E-state index >= 15 is 0 Å². The molecule has 2 heterocycles. The van der Waals surface area contributed by atoms with Crippen molar-refractivity contribution < 1.29 is 9.53 Å². The van der Waals surface area contributed by atoms with Crippen LogP contribution in [0.1, 0.15) is 28.1 Å². The van der Waals surface area contributed by atoms with Gasteiger partial charge in [0.15, 0.2) is 0 Å². The standard InChI is InChI=1S/C17H18ClNO2S/c18-14-5-3-13(4-6-14)17(7-9-21-10-8-17)12-19-16(20)15-2-1-11-22-15/h1-6,11H,7-10,12H2,(H,19,20). The van der Waals surface area contributed by atoms with E-state index in [1.54, 1.807) is 0 Å². The zero-order valence-electron chi connectivity index (χ0n) is 12.2. The Balaban J connectivity index is 1.77. The molecule has 0 atom stereocenters. The summed E-state index contributed by atoms with van der Waals surface area (Å²) in [6, 6.07) is 11.7. The number of thiophene rings is 1. The highest BCUT2D eigenvalue weighted by Crippen LogP contribution is 2.35. The summed E-state index contributed by atoms with van der Waals surface area (Å²) in [7, 11) is 0. The van der Waals surface area contributed by atoms with Crippen molar-refractivity contribution in [3.63, 3.8) is 0 Å². The molecule has 1 aliphatic heterocycles. The first kappa shape index (κ1) is 15.5. The van der Waals surface area contributed by atoms with E-state index in [2.05, 4.69) is 17.4 Å². The van der Waals surface area contributed by atoms with Gasteiger partial charge in [-0.05, 0) is 42.0 Å². The van der Waals surface area contributed by atoms with Gasteiger partial charge in [0.25, 0.3) is 5.91 Å². The van der Waals surface area contributed by atoms with E-state index < -0.39 is 0 Å². The van der Waals surface area contributed by atoms with Gasteiger partial charge < -0.3 is 10.1 Å². The van der Waals surface area contributed by atoms with Crippen molar-refractivity contribution in [1.82, 2.24) is 5.32 Å². The molecule has 5 heteroatoms. The third kappa shape index (κ3) is 3.35. The lowest BCUT2D eigenvalue weighted by atomic mass is 9.74. The first-order valence-electron chi connectivity index (χ1n) is 7.35. The summed E-state index contributed by atoms with van der Waals surface area (Å²) in [5.74, 6) is -0.00479. The first-order chi connectivity index (χ1) is 10.7. The first-order valence-corrected chi connectivity index (χ1v) is 8.61. The Hall–Kier alpha value is -1.36. The minimum Gasteiger partial charge on any atom is -0.381 e. The molecule has 0 spiro atoms. The Morgan fingerprint density at radius 2 is 1.95 bits per heavy atom. The van der Waals surface area contributed by atoms with Gasteiger partial charge in [0, 0.05) is 30.2 Å². The van der Waals surface area contributed by atoms with E-state index in [0.29, 0.717) is 6.54 Å². The highest BCUT2D eigenvalue weighted by molar-refractivity contribution is 7.12. The zero-order chi connectivity index (χ0) is 15.4. The van der Waals surface area contributed by atoms with Crippen LogP contribution in [0.3, 0.4) is 0 Å². The Bertz CT molecular complexity index is 619. The van der Waals surface area contributed by atoms with Gasteiger partial charge in [-0.2, -0.15) is 0 Å². The molecule has 3 rings (SSSR count). The molecule has 0 saturated carbocycles. The lowest BCUT2D eigenvalue weighted by Gasteiger charge is -2.38. The fourth-order valence-corrected chi connectivity index (χ4v) is 3.64. The molecule has 2 aromatic rings. The molecule has 22 heavy (non-hydrogen) atoms. The van der Waals surface area contributed by atoms with Crippen molar-refractivity contribution in [1.29, 1.82) is 0 Å². The second-order valence-electron chi connectivity index (χ2n) is 5.56. The number of rotatable bonds is 4. The molecule has 0 aliphatic carbocycles. The Morgan fingerprint density at radius 3 is 2.59 bits per heavy atom. The molecule has 0 bridgehead atoms. The molecule has 0 radical (unpaired) electrons. The third-order valence-electron chi connectivity index (χ3n) is 4.24. The number of halogens is 1. The summed E-state index contributed by atoms with van der Waals surface area (Å²) in [6.07, 6.45) is 1.80. The topological polar surface area (TPSA) is 38.3 Å². The molecule has 1 fully saturated rings. The minimum absolute atomic E-state index is 0.00479. The fourth-order valence-electron chi connectivity index (χ4n) is 2.88. The number of benzene rings is 1. The van der Waals surface area contributed by atoms with Gasteiger partial charge in [0.2, 0.25) is 0 Å². The van der Waals surface area contributed by atoms with Crippen molar-refractivity contribution >= 4 is 28.8 Å². The maximum absolute atomic E-state index is 12.2. The van der Waals surface area contributed by atoms with Crippen molar-refractivity contribution in [2.75, 3.05) is 19.8 Å². The van der Waals surface area contributed by atoms with E-state index in [-0.39, 0.29) is 11.3 Å². The number of ether oxygens (including phenoxy) is 1. The average Bonchev–Trinajstić information content (AvgIpc) is 3.09. The summed E-state index contributed by atoms with van der Waals surface area (Å²) >= 11 is 7.46. The van der Waals surface area contributed by atoms with Crippen LogP contribution in [0.4, 0.5) is 0 Å². The predicted octanol–water partition coefficient (Wildman–Crippen LogP) is 3.88. The van der Waals surface area contributed by atoms with Crippen LogP contribution < -0.4 is 5.32 Å². The van der Waals surface area contributed by atoms with Gasteiger partial charge in [-0.1, -0.05) is 29.8 Å². The molecule has 1 saturated heterocycles. The van der Waals surface area contributed by atoms with E-state index in [1.165, 1.54) is 16.9 Å². The molecule has 1 aromatic heterocycles. The van der Waals surface area contributed by atoms with Gasteiger partial charge in [0.1, 0.15) is 0 Å². The maximum Gasteiger partial charge on any atom is 0.261 e. The van der Waals surface area contributed by atoms with Crippen molar-refractivity contribution in [2.45, 2.75) is 18.3 Å². The van der Waals surface area contributed by atoms with Crippen molar-refractivity contribution in [3.05, 3.63) is 57.2 Å². The van der Waals surface area contributed by atoms with Gasteiger partial charge in [-0.25, -0.2) is 0 Å². The summed E-state index contributed by atoms with van der Waals surface area (Å²) in [5, 5.41) is 5.74. The molecule has 1 aliphatic rings. The van der Waals surface area contributed by atoms with Gasteiger partial charge in [-0.3, -0.25) is 4.79 Å². The van der Waals surface area contributed by atoms with E-state index in [9.17, 15) is 4.79 Å². The number of hydrogen-bond donors (Lipinski definition) is 1. The average molecular weight is 336 g/mol. The molecular formula is C17H18ClNO2S. The van der Waals surface area contributed by atoms with Gasteiger partial charge in [0.05, 0.1) is 4.88 Å². The minimum atomic E-state index is -0.0737. The third-order valence-corrected chi connectivity index (χ3v) is 5.36. The molecule has 3 nitrogen and oxygen atoms in total. The Labute approximate surface area is 139 Å². The van der Waals surface area contributed by atoms with Crippen LogP contribution in [0, 0.1) is 0 Å². The van der Waals surface area contributed by atoms with Crippen LogP contribution in [0.15, 0.2) is 41.8 Å². The molecule has 1 aromatic carbocycles. The number of hydrogen-bond acceptors (Lipinski definition) is 3. The monoisotopic (exact) mass is 335 g/mol. The lowest BCUT2D eigenvalue weighted by Crippen LogP contribution is -2.44. The summed E-state index contributed by atoms with van der Waals surface area (Å²) in [4.78, 5) is 13.0. The van der Waals surface area contributed by atoms with Crippen LogP contribution in [-0.2, 0) is 10.2 Å². The van der Waals surface area contributed by atoms with Crippen LogP contribution in [-0.4, -0.2) is 25.7 Å². The molecular weight excluding hydrogens is 318 g/mol. The van der Waals surface area contributed by atoms with Gasteiger partial charge >= 0.3 is 0 Å². The Kier molecular flexibility index (Phi) is 4.81. The van der Waals surface area contributed by atoms with Crippen LogP contribution in [0.5, 0.6) is 0 Å². The molecule has 0 unspecified atom stereocenters. The SMILES string of the molecule is O=C(NCC1(c2ccc(Cl)cc2)CCOCC1)c1cccs1. The summed E-state index contributed by atoms with van der Waals surface area (Å²) in [6.45, 7) is 2.06. The second-order valence-corrected chi connectivity index (χ2v) is 6.94. The Morgan fingerprint density at radius 1 is 1.23 bits per heavy atom. The predicted molar refractivity (Wildman–Crippen MR) is 89.8 cm³/mol. The normalized spacial score (nSPS) is 17.1. The maximum atomic E-state index is 12.2. The van der Waals surface area contributed by atoms with Crippen LogP contribution in [0.25, 0.3) is 0 Å². The smallest absolute Gasteiger partial charge is 0.261 e. The largest absolute Gasteiger partial charge is 0.381 e. The highest BCUT2D eigenvalue weighted by Gasteiger charge is 2.34. The van der Waals surface area contributed by atoms with Crippen molar-refractivity contribution in [3.8, 4) is 0 Å². The van der Waals surface area contributed by atoms with E-state index in [1.807, 2.05) is 29.6 Å².